The van der Waals surface area contributed by atoms with Crippen molar-refractivity contribution in [3.8, 4) is 0 Å². The highest BCUT2D eigenvalue weighted by molar-refractivity contribution is 5.58. The van der Waals surface area contributed by atoms with Crippen LogP contribution in [0.3, 0.4) is 0 Å². The third kappa shape index (κ3) is 1.30. The zero-order valence-corrected chi connectivity index (χ0v) is 5.32. The summed E-state index contributed by atoms with van der Waals surface area (Å²) in [4.78, 5) is 19.9. The first-order valence-corrected chi connectivity index (χ1v) is 3.06. The van der Waals surface area contributed by atoms with E-state index < -0.39 is 6.04 Å². The monoisotopic (exact) mass is 144 g/mol. The minimum atomic E-state index is -0.574. The second kappa shape index (κ2) is 2.74. The average molecular weight is 144 g/mol. The minimum absolute atomic E-state index is 0.310. The zero-order chi connectivity index (χ0) is 7.56. The van der Waals surface area contributed by atoms with Crippen LogP contribution in [0.25, 0.3) is 0 Å². The van der Waals surface area contributed by atoms with Crippen molar-refractivity contribution >= 4 is 6.29 Å². The number of carbonyl (C=O) groups excluding carboxylic acids is 1. The van der Waals surface area contributed by atoms with Gasteiger partial charge in [-0.05, 0) is 0 Å². The maximum absolute atomic E-state index is 10.1. The smallest absolute Gasteiger partial charge is 0.227 e. The Morgan fingerprint density at radius 2 is 2.40 bits per heavy atom. The highest BCUT2D eigenvalue weighted by Crippen LogP contribution is 2.06. The second-order valence-corrected chi connectivity index (χ2v) is 2.33. The molecule has 0 saturated carbocycles. The van der Waals surface area contributed by atoms with E-state index in [1.165, 1.54) is 0 Å². The maximum atomic E-state index is 10.1. The van der Waals surface area contributed by atoms with Gasteiger partial charge in [-0.25, -0.2) is 0 Å². The van der Waals surface area contributed by atoms with Crippen molar-refractivity contribution in [2.45, 2.75) is 18.5 Å². The van der Waals surface area contributed by atoms with Crippen molar-refractivity contribution in [3.05, 3.63) is 10.1 Å². The van der Waals surface area contributed by atoms with Crippen LogP contribution in [0.15, 0.2) is 0 Å². The molecule has 1 rings (SSSR count). The van der Waals surface area contributed by atoms with Gasteiger partial charge >= 0.3 is 0 Å². The molecule has 56 valence electrons. The first-order chi connectivity index (χ1) is 4.74. The number of nitrogens with one attached hydrogen (secondary N) is 1. The van der Waals surface area contributed by atoms with E-state index in [0.717, 1.165) is 0 Å². The molecule has 5 nitrogen and oxygen atoms in total. The number of carbonyl (C=O) groups is 1. The summed E-state index contributed by atoms with van der Waals surface area (Å²) in [5.74, 6) is 0. The molecule has 1 aliphatic heterocycles. The molecule has 2 atom stereocenters. The lowest BCUT2D eigenvalue weighted by molar-refractivity contribution is -0.517. The summed E-state index contributed by atoms with van der Waals surface area (Å²) in [6, 6.07) is -0.884. The molecule has 1 N–H and O–H groups in total. The van der Waals surface area contributed by atoms with Crippen molar-refractivity contribution in [3.63, 3.8) is 0 Å². The Morgan fingerprint density at radius 3 is 2.70 bits per heavy atom. The Balaban J connectivity index is 2.42. The predicted octanol–water partition coefficient (Wildman–Crippen LogP) is -0.807. The maximum Gasteiger partial charge on any atom is 0.227 e. The van der Waals surface area contributed by atoms with Gasteiger partial charge in [-0.1, -0.05) is 0 Å². The molecular weight excluding hydrogens is 136 g/mol. The summed E-state index contributed by atoms with van der Waals surface area (Å²) in [5.41, 5.74) is 0. The Hall–Kier alpha value is -0.970. The van der Waals surface area contributed by atoms with Gasteiger partial charge in [0, 0.05) is 11.3 Å². The van der Waals surface area contributed by atoms with Crippen molar-refractivity contribution in [2.24, 2.45) is 0 Å². The number of rotatable bonds is 2. The van der Waals surface area contributed by atoms with E-state index in [4.69, 9.17) is 0 Å². The van der Waals surface area contributed by atoms with Gasteiger partial charge in [-0.2, -0.15) is 0 Å². The van der Waals surface area contributed by atoms with Gasteiger partial charge in [0.05, 0.1) is 12.6 Å². The van der Waals surface area contributed by atoms with E-state index in [-0.39, 0.29) is 11.0 Å². The minimum Gasteiger partial charge on any atom is -0.302 e. The van der Waals surface area contributed by atoms with Gasteiger partial charge in [-0.3, -0.25) is 10.1 Å². The predicted molar refractivity (Wildman–Crippen MR) is 33.3 cm³/mol. The van der Waals surface area contributed by atoms with Crippen LogP contribution < -0.4 is 5.32 Å². The average Bonchev–Trinajstić information content (AvgIpc) is 2.34. The van der Waals surface area contributed by atoms with Crippen molar-refractivity contribution in [2.75, 3.05) is 6.54 Å². The SMILES string of the molecule is O=C[C@H]1C[C@H]([N+](=O)[O-])CN1. The molecule has 0 amide bonds. The largest absolute Gasteiger partial charge is 0.302 e. The molecule has 1 fully saturated rings. The lowest BCUT2D eigenvalue weighted by Gasteiger charge is -1.95. The highest BCUT2D eigenvalue weighted by atomic mass is 16.6. The first kappa shape index (κ1) is 7.14. The second-order valence-electron chi connectivity index (χ2n) is 2.33. The molecule has 0 bridgehead atoms. The normalized spacial score (nSPS) is 32.0. The molecular formula is C5H8N2O3. The third-order valence-corrected chi connectivity index (χ3v) is 1.60. The molecule has 0 radical (unpaired) electrons. The van der Waals surface area contributed by atoms with Crippen LogP contribution in [0, 0.1) is 10.1 Å². The van der Waals surface area contributed by atoms with E-state index in [2.05, 4.69) is 5.32 Å². The summed E-state index contributed by atoms with van der Waals surface area (Å²) in [6.07, 6.45) is 1.04. The molecule has 0 aromatic rings. The van der Waals surface area contributed by atoms with Gasteiger partial charge in [0.2, 0.25) is 6.04 Å². The van der Waals surface area contributed by atoms with Crippen LogP contribution in [0.5, 0.6) is 0 Å². The van der Waals surface area contributed by atoms with E-state index in [9.17, 15) is 14.9 Å². The van der Waals surface area contributed by atoms with Crippen LogP contribution in [0.4, 0.5) is 0 Å². The molecule has 10 heavy (non-hydrogen) atoms. The summed E-state index contributed by atoms with van der Waals surface area (Å²) < 4.78 is 0. The highest BCUT2D eigenvalue weighted by Gasteiger charge is 2.31. The zero-order valence-electron chi connectivity index (χ0n) is 5.32. The lowest BCUT2D eigenvalue weighted by atomic mass is 10.2. The molecule has 5 heteroatoms. The molecule has 0 spiro atoms. The van der Waals surface area contributed by atoms with Crippen LogP contribution in [-0.4, -0.2) is 29.8 Å². The van der Waals surface area contributed by atoms with E-state index in [1.807, 2.05) is 0 Å². The molecule has 0 aromatic heterocycles. The van der Waals surface area contributed by atoms with Crippen LogP contribution in [0.2, 0.25) is 0 Å². The Morgan fingerprint density at radius 1 is 1.70 bits per heavy atom. The van der Waals surface area contributed by atoms with Crippen molar-refractivity contribution < 1.29 is 9.72 Å². The van der Waals surface area contributed by atoms with Gasteiger partial charge in [-0.15, -0.1) is 0 Å². The summed E-state index contributed by atoms with van der Waals surface area (Å²) in [5, 5.41) is 12.8. The lowest BCUT2D eigenvalue weighted by Crippen LogP contribution is -2.23. The van der Waals surface area contributed by atoms with Crippen LogP contribution in [-0.2, 0) is 4.79 Å². The van der Waals surface area contributed by atoms with Gasteiger partial charge in [0.15, 0.2) is 0 Å². The molecule has 1 aliphatic rings. The summed E-state index contributed by atoms with van der Waals surface area (Å²) in [6.45, 7) is 0.316. The Bertz CT molecular complexity index is 159. The fourth-order valence-corrected chi connectivity index (χ4v) is 1.01. The number of nitro groups is 1. The third-order valence-electron chi connectivity index (χ3n) is 1.60. The summed E-state index contributed by atoms with van der Waals surface area (Å²) in [7, 11) is 0. The van der Waals surface area contributed by atoms with Gasteiger partial charge < -0.3 is 10.1 Å². The number of hydrogen-bond donors (Lipinski definition) is 1. The molecule has 0 aliphatic carbocycles. The quantitative estimate of drug-likeness (QED) is 0.312. The number of aldehydes is 1. The standard InChI is InChI=1S/C5H8N2O3/c8-3-4-1-5(2-6-4)7(9)10/h3-6H,1-2H2/t4-,5+/m1/s1. The van der Waals surface area contributed by atoms with Crippen molar-refractivity contribution in [1.29, 1.82) is 0 Å². The van der Waals surface area contributed by atoms with Gasteiger partial charge in [0.1, 0.15) is 6.29 Å². The van der Waals surface area contributed by atoms with Crippen LogP contribution >= 0.6 is 0 Å². The van der Waals surface area contributed by atoms with Crippen LogP contribution in [0.1, 0.15) is 6.42 Å². The number of nitrogens with zero attached hydrogens (tertiary/aromatic N) is 1. The summed E-state index contributed by atoms with van der Waals surface area (Å²) >= 11 is 0. The molecule has 1 saturated heterocycles. The van der Waals surface area contributed by atoms with Crippen molar-refractivity contribution in [1.82, 2.24) is 5.32 Å². The van der Waals surface area contributed by atoms with E-state index in [1.54, 1.807) is 0 Å². The fourth-order valence-electron chi connectivity index (χ4n) is 1.01. The Kier molecular flexibility index (Phi) is 1.96. The number of hydrogen-bond acceptors (Lipinski definition) is 4. The molecule has 1 heterocycles. The topological polar surface area (TPSA) is 72.2 Å². The van der Waals surface area contributed by atoms with Gasteiger partial charge in [0.25, 0.3) is 0 Å². The fraction of sp³-hybridized carbons (Fsp3) is 0.800. The first-order valence-electron chi connectivity index (χ1n) is 3.06. The van der Waals surface area contributed by atoms with E-state index >= 15 is 0 Å². The molecule has 0 aromatic carbocycles. The molecule has 0 unspecified atom stereocenters. The van der Waals surface area contributed by atoms with E-state index in [0.29, 0.717) is 19.3 Å². The Labute approximate surface area is 57.6 Å².